The Morgan fingerprint density at radius 3 is 1.44 bits per heavy atom. The van der Waals surface area contributed by atoms with Crippen molar-refractivity contribution in [3.05, 3.63) is 6.92 Å². The van der Waals surface area contributed by atoms with Gasteiger partial charge in [0.05, 0.1) is 0 Å². The van der Waals surface area contributed by atoms with E-state index in [9.17, 15) is 0 Å². The van der Waals surface area contributed by atoms with E-state index in [0.717, 1.165) is 12.5 Å². The van der Waals surface area contributed by atoms with E-state index in [0.29, 0.717) is 0 Å². The van der Waals surface area contributed by atoms with Gasteiger partial charge in [0.25, 0.3) is 0 Å². The zero-order valence-corrected chi connectivity index (χ0v) is 14.9. The van der Waals surface area contributed by atoms with Gasteiger partial charge >= 0.3 is 32.3 Å². The maximum atomic E-state index is 5.93. The third-order valence-electron chi connectivity index (χ3n) is 1.41. The number of halogens is 1. The van der Waals surface area contributed by atoms with E-state index < -0.39 is 9.28 Å². The Kier molecular flexibility index (Phi) is 12.8. The fraction of sp³-hybridized carbons (Fsp3) is 0.909. The Morgan fingerprint density at radius 1 is 0.938 bits per heavy atom. The molecule has 0 fully saturated rings. The zero-order valence-electron chi connectivity index (χ0n) is 11.6. The van der Waals surface area contributed by atoms with Crippen LogP contribution in [0.4, 0.5) is 0 Å². The van der Waals surface area contributed by atoms with E-state index in [-0.39, 0.29) is 46.7 Å². The van der Waals surface area contributed by atoms with Gasteiger partial charge in [0, 0.05) is 11.2 Å². The van der Waals surface area contributed by atoms with Crippen LogP contribution in [0.15, 0.2) is 0 Å². The topological polar surface area (TPSA) is 18.5 Å². The summed E-state index contributed by atoms with van der Waals surface area (Å²) in [6.45, 7) is 16.3. The third-order valence-corrected chi connectivity index (χ3v) is 4.23. The zero-order chi connectivity index (χ0) is 11.4. The van der Waals surface area contributed by atoms with Crippen LogP contribution in [0.2, 0.25) is 6.04 Å². The summed E-state index contributed by atoms with van der Waals surface area (Å²) < 4.78 is 11.9. The molecular formula is C11H25ClMgO2Si. The summed E-state index contributed by atoms with van der Waals surface area (Å²) in [7, 11) is -1.55. The van der Waals surface area contributed by atoms with Crippen LogP contribution in [-0.4, -0.2) is 43.5 Å². The van der Waals surface area contributed by atoms with Crippen LogP contribution in [0.5, 0.6) is 0 Å². The molecule has 0 atom stereocenters. The fourth-order valence-electron chi connectivity index (χ4n) is 1.10. The Balaban J connectivity index is -0.000000845. The number of rotatable bonds is 4. The quantitative estimate of drug-likeness (QED) is 0.518. The maximum absolute atomic E-state index is 5.93. The normalized spacial score (nSPS) is 12.0. The second kappa shape index (κ2) is 9.17. The minimum Gasteiger partial charge on any atom is -1.00 e. The van der Waals surface area contributed by atoms with Gasteiger partial charge in [0.15, 0.2) is 0 Å². The predicted molar refractivity (Wildman–Crippen MR) is 69.4 cm³/mol. The molecule has 0 aromatic heterocycles. The van der Waals surface area contributed by atoms with Crippen molar-refractivity contribution in [3.8, 4) is 0 Å². The molecule has 0 rings (SSSR count). The molecule has 16 heavy (non-hydrogen) atoms. The average Bonchev–Trinajstić information content (AvgIpc) is 1.78. The second-order valence-corrected chi connectivity index (χ2v) is 7.44. The van der Waals surface area contributed by atoms with E-state index >= 15 is 0 Å². The largest absolute Gasteiger partial charge is 2.00 e. The van der Waals surface area contributed by atoms with Crippen molar-refractivity contribution in [1.29, 1.82) is 0 Å². The first-order valence-electron chi connectivity index (χ1n) is 5.29. The molecule has 0 saturated heterocycles. The van der Waals surface area contributed by atoms with Gasteiger partial charge in [-0.05, 0) is 47.6 Å². The van der Waals surface area contributed by atoms with E-state index in [4.69, 9.17) is 8.85 Å². The molecular weight excluding hydrogens is 252 g/mol. The average molecular weight is 277 g/mol. The summed E-state index contributed by atoms with van der Waals surface area (Å²) in [6.07, 6.45) is 0.892. The van der Waals surface area contributed by atoms with Crippen LogP contribution in [-0.2, 0) is 8.85 Å². The molecule has 0 aliphatic rings. The predicted octanol–water partition coefficient (Wildman–Crippen LogP) is -0.316. The van der Waals surface area contributed by atoms with Crippen molar-refractivity contribution in [2.45, 2.75) is 65.2 Å². The molecule has 0 saturated carbocycles. The van der Waals surface area contributed by atoms with Crippen molar-refractivity contribution in [2.75, 3.05) is 0 Å². The molecule has 0 aromatic rings. The van der Waals surface area contributed by atoms with Crippen LogP contribution in [0.25, 0.3) is 0 Å². The first-order chi connectivity index (χ1) is 6.14. The molecule has 0 aromatic carbocycles. The first kappa shape index (κ1) is 22.4. The summed E-state index contributed by atoms with van der Waals surface area (Å²) in [5, 5.41) is 0. The molecule has 0 aliphatic carbocycles. The third kappa shape index (κ3) is 15.2. The molecule has 0 bridgehead atoms. The maximum Gasteiger partial charge on any atom is 2.00 e. The molecule has 5 heteroatoms. The summed E-state index contributed by atoms with van der Waals surface area (Å²) in [6, 6.07) is 0.981. The second-order valence-electron chi connectivity index (χ2n) is 5.53. The van der Waals surface area contributed by atoms with Gasteiger partial charge < -0.3 is 28.2 Å². The number of hydrogen-bond donors (Lipinski definition) is 0. The Bertz CT molecular complexity index is 150. The molecule has 0 amide bonds. The van der Waals surface area contributed by atoms with Gasteiger partial charge in [0.1, 0.15) is 0 Å². The molecule has 0 heterocycles. The molecule has 0 unspecified atom stereocenters. The van der Waals surface area contributed by atoms with Crippen LogP contribution in [0.3, 0.4) is 0 Å². The van der Waals surface area contributed by atoms with Gasteiger partial charge in [-0.2, -0.15) is 6.42 Å². The van der Waals surface area contributed by atoms with E-state index in [2.05, 4.69) is 48.5 Å². The van der Waals surface area contributed by atoms with Gasteiger partial charge in [0.2, 0.25) is 0 Å². The van der Waals surface area contributed by atoms with Crippen molar-refractivity contribution < 1.29 is 21.3 Å². The standard InChI is InChI=1S/C11H25O2Si.ClH.Mg/c1-8-9-14(12-10(2,3)4)13-11(5,6)7;;/h14H,1,8-9H2,2-7H3;1H;/q-1;;+2/p-1. The van der Waals surface area contributed by atoms with Crippen LogP contribution in [0.1, 0.15) is 48.0 Å². The minimum absolute atomic E-state index is 0. The molecule has 94 valence electrons. The first-order valence-corrected chi connectivity index (χ1v) is 7.05. The van der Waals surface area contributed by atoms with Gasteiger partial charge in [-0.15, -0.1) is 0 Å². The molecule has 0 spiro atoms. The van der Waals surface area contributed by atoms with Gasteiger partial charge in [-0.25, -0.2) is 0 Å². The summed E-state index contributed by atoms with van der Waals surface area (Å²) in [4.78, 5) is 0. The molecule has 2 nitrogen and oxygen atoms in total. The fourth-order valence-corrected chi connectivity index (χ4v) is 3.29. The summed E-state index contributed by atoms with van der Waals surface area (Å²) in [5.74, 6) is 0. The van der Waals surface area contributed by atoms with Crippen LogP contribution >= 0.6 is 0 Å². The van der Waals surface area contributed by atoms with E-state index in [1.807, 2.05) is 0 Å². The van der Waals surface area contributed by atoms with E-state index in [1.165, 1.54) is 0 Å². The monoisotopic (exact) mass is 276 g/mol. The minimum atomic E-state index is -1.55. The van der Waals surface area contributed by atoms with Crippen molar-refractivity contribution in [3.63, 3.8) is 0 Å². The Labute approximate surface area is 125 Å². The van der Waals surface area contributed by atoms with Crippen molar-refractivity contribution in [1.82, 2.24) is 0 Å². The van der Waals surface area contributed by atoms with Crippen LogP contribution in [0, 0.1) is 6.92 Å². The summed E-state index contributed by atoms with van der Waals surface area (Å²) in [5.41, 5.74) is -0.200. The van der Waals surface area contributed by atoms with Crippen molar-refractivity contribution >= 4 is 32.3 Å². The number of hydrogen-bond acceptors (Lipinski definition) is 2. The SMILES string of the molecule is [CH2-]CC[SiH](OC(C)(C)C)OC(C)(C)C.[Cl-].[Mg+2]. The van der Waals surface area contributed by atoms with Gasteiger partial charge in [-0.1, -0.05) is 0 Å². The Hall–Kier alpha value is 1.19. The van der Waals surface area contributed by atoms with Crippen molar-refractivity contribution in [2.24, 2.45) is 0 Å². The van der Waals surface area contributed by atoms with Gasteiger partial charge in [-0.3, -0.25) is 0 Å². The van der Waals surface area contributed by atoms with E-state index in [1.54, 1.807) is 0 Å². The smallest absolute Gasteiger partial charge is 1.00 e. The Morgan fingerprint density at radius 2 is 1.25 bits per heavy atom. The summed E-state index contributed by atoms with van der Waals surface area (Å²) >= 11 is 0. The molecule has 0 N–H and O–H groups in total. The molecule has 0 radical (unpaired) electrons. The van der Waals surface area contributed by atoms with Crippen LogP contribution < -0.4 is 12.4 Å². The molecule has 0 aliphatic heterocycles.